The topological polar surface area (TPSA) is 94.2 Å². The molecule has 1 amide bonds. The molecule has 29 heavy (non-hydrogen) atoms. The number of benzene rings is 2. The molecule has 3 rings (SSSR count). The number of hydrogen-bond acceptors (Lipinski definition) is 6. The molecule has 0 atom stereocenters. The van der Waals surface area contributed by atoms with Crippen molar-refractivity contribution in [3.63, 3.8) is 0 Å². The lowest BCUT2D eigenvalue weighted by atomic mass is 10.2. The number of nitrogens with one attached hydrogen (secondary N) is 1. The van der Waals surface area contributed by atoms with Crippen molar-refractivity contribution in [2.75, 3.05) is 39.2 Å². The highest BCUT2D eigenvalue weighted by molar-refractivity contribution is 7.89. The molecule has 1 fully saturated rings. The van der Waals surface area contributed by atoms with Crippen LogP contribution in [0, 0.1) is 0 Å². The summed E-state index contributed by atoms with van der Waals surface area (Å²) in [6.45, 7) is 0.889. The lowest BCUT2D eigenvalue weighted by Crippen LogP contribution is -2.27. The maximum Gasteiger partial charge on any atom is 0.262 e. The molecule has 9 heteroatoms. The third kappa shape index (κ3) is 4.99. The van der Waals surface area contributed by atoms with Crippen LogP contribution in [0.4, 0.5) is 5.69 Å². The fourth-order valence-electron chi connectivity index (χ4n) is 3.05. The number of nitrogens with zero attached hydrogens (tertiary/aromatic N) is 1. The monoisotopic (exact) mass is 420 g/mol. The van der Waals surface area contributed by atoms with Crippen LogP contribution in [0.25, 0.3) is 0 Å². The van der Waals surface area contributed by atoms with Gasteiger partial charge in [0, 0.05) is 24.8 Å². The van der Waals surface area contributed by atoms with Gasteiger partial charge in [-0.05, 0) is 49.2 Å². The van der Waals surface area contributed by atoms with E-state index in [0.717, 1.165) is 12.8 Å². The van der Waals surface area contributed by atoms with Crippen LogP contribution in [0.5, 0.6) is 17.2 Å². The van der Waals surface area contributed by atoms with E-state index in [-0.39, 0.29) is 17.4 Å². The van der Waals surface area contributed by atoms with Gasteiger partial charge in [0.2, 0.25) is 10.0 Å². The Labute approximate surface area is 170 Å². The number of hydrogen-bond donors (Lipinski definition) is 1. The first-order valence-corrected chi connectivity index (χ1v) is 10.6. The highest BCUT2D eigenvalue weighted by Crippen LogP contribution is 2.29. The summed E-state index contributed by atoms with van der Waals surface area (Å²) in [5.74, 6) is 1.12. The Morgan fingerprint density at radius 2 is 1.66 bits per heavy atom. The molecule has 1 aliphatic heterocycles. The standard InChI is InChI=1S/C20H24N2O6S/c1-26-18-10-5-15(13-19(18)27-2)21-20(23)14-28-16-6-8-17(9-7-16)29(24,25)22-11-3-4-12-22/h5-10,13H,3-4,11-12,14H2,1-2H3,(H,21,23). The average Bonchev–Trinajstić information content (AvgIpc) is 3.28. The molecule has 8 nitrogen and oxygen atoms in total. The minimum Gasteiger partial charge on any atom is -0.493 e. The molecule has 156 valence electrons. The Hall–Kier alpha value is -2.78. The molecule has 1 aliphatic rings. The SMILES string of the molecule is COc1ccc(NC(=O)COc2ccc(S(=O)(=O)N3CCCC3)cc2)cc1OC. The molecule has 0 bridgehead atoms. The van der Waals surface area contributed by atoms with E-state index in [1.807, 2.05) is 0 Å². The van der Waals surface area contributed by atoms with Crippen molar-refractivity contribution < 1.29 is 27.4 Å². The second-order valence-corrected chi connectivity index (χ2v) is 8.43. The van der Waals surface area contributed by atoms with E-state index in [0.29, 0.717) is 36.0 Å². The van der Waals surface area contributed by atoms with Crippen molar-refractivity contribution in [3.8, 4) is 17.2 Å². The fourth-order valence-corrected chi connectivity index (χ4v) is 4.56. The number of methoxy groups -OCH3 is 2. The molecule has 0 radical (unpaired) electrons. The zero-order valence-corrected chi connectivity index (χ0v) is 17.2. The number of sulfonamides is 1. The summed E-state index contributed by atoms with van der Waals surface area (Å²) in [5.41, 5.74) is 0.545. The van der Waals surface area contributed by atoms with Crippen molar-refractivity contribution in [3.05, 3.63) is 42.5 Å². The third-order valence-corrected chi connectivity index (χ3v) is 6.48. The normalized spacial score (nSPS) is 14.4. The minimum absolute atomic E-state index is 0.216. The number of anilines is 1. The Morgan fingerprint density at radius 3 is 2.28 bits per heavy atom. The first-order chi connectivity index (χ1) is 13.9. The van der Waals surface area contributed by atoms with Crippen molar-refractivity contribution >= 4 is 21.6 Å². The fraction of sp³-hybridized carbons (Fsp3) is 0.350. The van der Waals surface area contributed by atoms with Gasteiger partial charge in [0.25, 0.3) is 5.91 Å². The van der Waals surface area contributed by atoms with Crippen LogP contribution in [-0.2, 0) is 14.8 Å². The summed E-state index contributed by atoms with van der Waals surface area (Å²) in [5, 5.41) is 2.71. The number of ether oxygens (including phenoxy) is 3. The molecular weight excluding hydrogens is 396 g/mol. The number of amides is 1. The maximum atomic E-state index is 12.5. The first kappa shape index (κ1) is 20.9. The molecule has 0 aliphatic carbocycles. The predicted octanol–water partition coefficient (Wildman–Crippen LogP) is 2.51. The summed E-state index contributed by atoms with van der Waals surface area (Å²) in [4.78, 5) is 12.4. The highest BCUT2D eigenvalue weighted by atomic mass is 32.2. The van der Waals surface area contributed by atoms with Crippen LogP contribution in [-0.4, -0.2) is 52.5 Å². The van der Waals surface area contributed by atoms with Crippen LogP contribution in [0.2, 0.25) is 0 Å². The second-order valence-electron chi connectivity index (χ2n) is 6.49. The maximum absolute atomic E-state index is 12.5. The summed E-state index contributed by atoms with van der Waals surface area (Å²) in [7, 11) is -0.416. The zero-order valence-electron chi connectivity index (χ0n) is 16.4. The lowest BCUT2D eigenvalue weighted by Gasteiger charge is -2.15. The third-order valence-electron chi connectivity index (χ3n) is 4.56. The van der Waals surface area contributed by atoms with Gasteiger partial charge < -0.3 is 19.5 Å². The Morgan fingerprint density at radius 1 is 1.00 bits per heavy atom. The second kappa shape index (κ2) is 9.15. The van der Waals surface area contributed by atoms with Crippen LogP contribution < -0.4 is 19.5 Å². The van der Waals surface area contributed by atoms with Crippen molar-refractivity contribution in [1.82, 2.24) is 4.31 Å². The largest absolute Gasteiger partial charge is 0.493 e. The first-order valence-electron chi connectivity index (χ1n) is 9.19. The molecule has 0 unspecified atom stereocenters. The minimum atomic E-state index is -3.46. The van der Waals surface area contributed by atoms with Crippen LogP contribution in [0.1, 0.15) is 12.8 Å². The Bertz CT molecular complexity index is 953. The number of carbonyl (C=O) groups is 1. The average molecular weight is 420 g/mol. The molecule has 2 aromatic carbocycles. The molecule has 2 aromatic rings. The molecular formula is C20H24N2O6S. The predicted molar refractivity (Wildman–Crippen MR) is 108 cm³/mol. The van der Waals surface area contributed by atoms with Gasteiger partial charge in [-0.1, -0.05) is 0 Å². The number of rotatable bonds is 8. The van der Waals surface area contributed by atoms with Gasteiger partial charge in [0.05, 0.1) is 19.1 Å². The van der Waals surface area contributed by atoms with Crippen LogP contribution >= 0.6 is 0 Å². The molecule has 0 saturated carbocycles. The summed E-state index contributed by atoms with van der Waals surface area (Å²) >= 11 is 0. The van der Waals surface area contributed by atoms with E-state index in [2.05, 4.69) is 5.32 Å². The van der Waals surface area contributed by atoms with Crippen LogP contribution in [0.15, 0.2) is 47.4 Å². The Balaban J connectivity index is 1.56. The quantitative estimate of drug-likeness (QED) is 0.705. The van der Waals surface area contributed by atoms with E-state index >= 15 is 0 Å². The van der Waals surface area contributed by atoms with E-state index in [1.165, 1.54) is 30.7 Å². The summed E-state index contributed by atoms with van der Waals surface area (Å²) in [6.07, 6.45) is 1.77. The molecule has 1 heterocycles. The van der Waals surface area contributed by atoms with Gasteiger partial charge in [-0.3, -0.25) is 4.79 Å². The molecule has 1 saturated heterocycles. The van der Waals surface area contributed by atoms with Crippen LogP contribution in [0.3, 0.4) is 0 Å². The number of carbonyl (C=O) groups excluding carboxylic acids is 1. The van der Waals surface area contributed by atoms with E-state index in [1.54, 1.807) is 30.3 Å². The Kier molecular flexibility index (Phi) is 6.60. The van der Waals surface area contributed by atoms with Gasteiger partial charge in [-0.15, -0.1) is 0 Å². The van der Waals surface area contributed by atoms with Crippen molar-refractivity contribution in [1.29, 1.82) is 0 Å². The van der Waals surface area contributed by atoms with E-state index in [4.69, 9.17) is 14.2 Å². The lowest BCUT2D eigenvalue weighted by molar-refractivity contribution is -0.118. The van der Waals surface area contributed by atoms with Gasteiger partial charge in [-0.25, -0.2) is 8.42 Å². The summed E-state index contributed by atoms with van der Waals surface area (Å²) in [6, 6.07) is 11.1. The van der Waals surface area contributed by atoms with E-state index in [9.17, 15) is 13.2 Å². The highest BCUT2D eigenvalue weighted by Gasteiger charge is 2.26. The van der Waals surface area contributed by atoms with Gasteiger partial charge in [0.15, 0.2) is 18.1 Å². The molecule has 0 aromatic heterocycles. The molecule has 1 N–H and O–H groups in total. The van der Waals surface area contributed by atoms with E-state index < -0.39 is 10.0 Å². The summed E-state index contributed by atoms with van der Waals surface area (Å²) < 4.78 is 42.3. The van der Waals surface area contributed by atoms with Gasteiger partial charge in [0.1, 0.15) is 5.75 Å². The van der Waals surface area contributed by atoms with Gasteiger partial charge >= 0.3 is 0 Å². The van der Waals surface area contributed by atoms with Crippen molar-refractivity contribution in [2.45, 2.75) is 17.7 Å². The zero-order chi connectivity index (χ0) is 20.9. The van der Waals surface area contributed by atoms with Gasteiger partial charge in [-0.2, -0.15) is 4.31 Å². The van der Waals surface area contributed by atoms with Crippen molar-refractivity contribution in [2.24, 2.45) is 0 Å². The smallest absolute Gasteiger partial charge is 0.262 e. The molecule has 0 spiro atoms.